The predicted octanol–water partition coefficient (Wildman–Crippen LogP) is 4.18. The molecule has 1 aliphatic carbocycles. The molecule has 0 amide bonds. The standard InChI is InChI=1S/C25H30ClN3O3S/c1-27-25-11-9-18-8-10-20(15-22(18)23(25)14-19-6-3-4-7-24(19)26)32-12-5-13-33(30,31)21-16-28-29(2)17-21/h3-4,6-8,10,15-17,23,25,27H,5,9,11-14H2,1-2H3. The van der Waals surface area contributed by atoms with E-state index in [0.717, 1.165) is 35.6 Å². The molecule has 0 aliphatic heterocycles. The van der Waals surface area contributed by atoms with Crippen molar-refractivity contribution in [3.63, 3.8) is 0 Å². The van der Waals surface area contributed by atoms with Gasteiger partial charge in [0, 0.05) is 30.2 Å². The number of rotatable bonds is 9. The molecule has 1 aliphatic rings. The molecule has 2 atom stereocenters. The minimum atomic E-state index is -3.35. The molecule has 4 rings (SSSR count). The van der Waals surface area contributed by atoms with Gasteiger partial charge in [-0.15, -0.1) is 0 Å². The predicted molar refractivity (Wildman–Crippen MR) is 131 cm³/mol. The number of halogens is 1. The molecule has 1 heterocycles. The maximum atomic E-state index is 12.4. The van der Waals surface area contributed by atoms with Crippen LogP contribution < -0.4 is 10.1 Å². The van der Waals surface area contributed by atoms with Gasteiger partial charge in [-0.3, -0.25) is 4.68 Å². The molecule has 2 aromatic carbocycles. The van der Waals surface area contributed by atoms with Gasteiger partial charge in [-0.05, 0) is 67.6 Å². The third kappa shape index (κ3) is 5.60. The second-order valence-electron chi connectivity index (χ2n) is 8.57. The second kappa shape index (κ2) is 10.3. The summed E-state index contributed by atoms with van der Waals surface area (Å²) in [6.45, 7) is 0.336. The topological polar surface area (TPSA) is 73.2 Å². The van der Waals surface area contributed by atoms with E-state index in [2.05, 4.69) is 28.6 Å². The third-order valence-corrected chi connectivity index (χ3v) is 8.49. The second-order valence-corrected chi connectivity index (χ2v) is 11.1. The Morgan fingerprint density at radius 1 is 1.24 bits per heavy atom. The van der Waals surface area contributed by atoms with Crippen molar-refractivity contribution in [1.82, 2.24) is 15.1 Å². The number of sulfone groups is 1. The van der Waals surface area contributed by atoms with Crippen molar-refractivity contribution < 1.29 is 13.2 Å². The Morgan fingerprint density at radius 2 is 2.06 bits per heavy atom. The summed E-state index contributed by atoms with van der Waals surface area (Å²) >= 11 is 6.46. The number of likely N-dealkylation sites (N-methyl/N-ethyl adjacent to an activating group) is 1. The summed E-state index contributed by atoms with van der Waals surface area (Å²) in [5.74, 6) is 1.09. The van der Waals surface area contributed by atoms with E-state index in [9.17, 15) is 8.42 Å². The quantitative estimate of drug-likeness (QED) is 0.458. The van der Waals surface area contributed by atoms with Crippen molar-refractivity contribution >= 4 is 21.4 Å². The molecule has 33 heavy (non-hydrogen) atoms. The molecule has 1 N–H and O–H groups in total. The van der Waals surface area contributed by atoms with Crippen LogP contribution in [0.2, 0.25) is 5.02 Å². The van der Waals surface area contributed by atoms with Crippen LogP contribution >= 0.6 is 11.6 Å². The molecule has 6 nitrogen and oxygen atoms in total. The van der Waals surface area contributed by atoms with Gasteiger partial charge >= 0.3 is 0 Å². The lowest BCUT2D eigenvalue weighted by atomic mass is 9.76. The zero-order valence-corrected chi connectivity index (χ0v) is 20.6. The Balaban J connectivity index is 1.44. The van der Waals surface area contributed by atoms with Crippen LogP contribution in [0.3, 0.4) is 0 Å². The fraction of sp³-hybridized carbons (Fsp3) is 0.400. The van der Waals surface area contributed by atoms with Crippen LogP contribution in [-0.4, -0.2) is 43.6 Å². The highest BCUT2D eigenvalue weighted by molar-refractivity contribution is 7.91. The minimum absolute atomic E-state index is 0.0284. The van der Waals surface area contributed by atoms with Crippen molar-refractivity contribution in [2.75, 3.05) is 19.4 Å². The summed E-state index contributed by atoms with van der Waals surface area (Å²) < 4.78 is 32.3. The highest BCUT2D eigenvalue weighted by atomic mass is 35.5. The van der Waals surface area contributed by atoms with Crippen molar-refractivity contribution in [2.45, 2.75) is 42.5 Å². The monoisotopic (exact) mass is 487 g/mol. The van der Waals surface area contributed by atoms with Gasteiger partial charge in [0.15, 0.2) is 9.84 Å². The first-order chi connectivity index (χ1) is 15.9. The number of nitrogens with zero attached hydrogens (tertiary/aromatic N) is 2. The van der Waals surface area contributed by atoms with Crippen LogP contribution in [0.4, 0.5) is 0 Å². The summed E-state index contributed by atoms with van der Waals surface area (Å²) in [5.41, 5.74) is 3.76. The molecule has 0 saturated heterocycles. The summed E-state index contributed by atoms with van der Waals surface area (Å²) in [5, 5.41) is 8.22. The number of ether oxygens (including phenoxy) is 1. The molecule has 0 radical (unpaired) electrons. The fourth-order valence-electron chi connectivity index (χ4n) is 4.58. The van der Waals surface area contributed by atoms with Gasteiger partial charge < -0.3 is 10.1 Å². The number of benzene rings is 2. The summed E-state index contributed by atoms with van der Waals surface area (Å²) in [4.78, 5) is 0.249. The maximum absolute atomic E-state index is 12.4. The van der Waals surface area contributed by atoms with Gasteiger partial charge in [0.05, 0.1) is 18.6 Å². The Labute approximate surface area is 200 Å². The normalized spacial score (nSPS) is 18.2. The van der Waals surface area contributed by atoms with Crippen LogP contribution in [0.15, 0.2) is 59.8 Å². The average molecular weight is 488 g/mol. The van der Waals surface area contributed by atoms with Crippen LogP contribution in [0.25, 0.3) is 0 Å². The average Bonchev–Trinajstić information content (AvgIpc) is 3.26. The van der Waals surface area contributed by atoms with E-state index in [1.165, 1.54) is 28.2 Å². The zero-order chi connectivity index (χ0) is 23.4. The van der Waals surface area contributed by atoms with E-state index in [1.807, 2.05) is 31.3 Å². The Bertz CT molecular complexity index is 1210. The van der Waals surface area contributed by atoms with Gasteiger partial charge in [-0.1, -0.05) is 35.9 Å². The third-order valence-electron chi connectivity index (χ3n) is 6.36. The number of nitrogens with one attached hydrogen (secondary N) is 1. The molecule has 0 fully saturated rings. The molecular weight excluding hydrogens is 458 g/mol. The molecule has 0 bridgehead atoms. The van der Waals surface area contributed by atoms with Gasteiger partial charge in [-0.2, -0.15) is 5.10 Å². The van der Waals surface area contributed by atoms with Crippen molar-refractivity contribution in [2.24, 2.45) is 7.05 Å². The summed E-state index contributed by atoms with van der Waals surface area (Å²) in [6, 6.07) is 14.6. The lowest BCUT2D eigenvalue weighted by Crippen LogP contribution is -2.37. The van der Waals surface area contributed by atoms with Gasteiger partial charge in [-0.25, -0.2) is 8.42 Å². The first kappa shape index (κ1) is 23.8. The lowest BCUT2D eigenvalue weighted by molar-refractivity contribution is 0.315. The van der Waals surface area contributed by atoms with Crippen LogP contribution in [0, 0.1) is 0 Å². The number of hydrogen-bond acceptors (Lipinski definition) is 5. The van der Waals surface area contributed by atoms with Crippen LogP contribution in [0.5, 0.6) is 5.75 Å². The Kier molecular flexibility index (Phi) is 7.41. The molecule has 176 valence electrons. The van der Waals surface area contributed by atoms with E-state index in [4.69, 9.17) is 16.3 Å². The smallest absolute Gasteiger partial charge is 0.181 e. The first-order valence-corrected chi connectivity index (χ1v) is 13.3. The van der Waals surface area contributed by atoms with E-state index in [0.29, 0.717) is 19.1 Å². The molecule has 1 aromatic heterocycles. The maximum Gasteiger partial charge on any atom is 0.181 e. The zero-order valence-electron chi connectivity index (χ0n) is 19.0. The number of aromatic nitrogens is 2. The highest BCUT2D eigenvalue weighted by Gasteiger charge is 2.29. The van der Waals surface area contributed by atoms with Gasteiger partial charge in [0.2, 0.25) is 0 Å². The molecule has 0 spiro atoms. The molecule has 3 aromatic rings. The van der Waals surface area contributed by atoms with Crippen molar-refractivity contribution in [3.8, 4) is 5.75 Å². The van der Waals surface area contributed by atoms with Crippen molar-refractivity contribution in [1.29, 1.82) is 0 Å². The van der Waals surface area contributed by atoms with Crippen molar-refractivity contribution in [3.05, 3.63) is 76.6 Å². The van der Waals surface area contributed by atoms with E-state index < -0.39 is 9.84 Å². The number of fused-ring (bicyclic) bond motifs is 1. The molecule has 2 unspecified atom stereocenters. The first-order valence-electron chi connectivity index (χ1n) is 11.2. The van der Waals surface area contributed by atoms with Crippen LogP contribution in [-0.2, 0) is 29.7 Å². The van der Waals surface area contributed by atoms with Crippen LogP contribution in [0.1, 0.15) is 35.4 Å². The number of aryl methyl sites for hydroxylation is 2. The fourth-order valence-corrected chi connectivity index (χ4v) is 6.05. The number of hydrogen-bond donors (Lipinski definition) is 1. The highest BCUT2D eigenvalue weighted by Crippen LogP contribution is 2.37. The molecule has 8 heteroatoms. The van der Waals surface area contributed by atoms with E-state index >= 15 is 0 Å². The van der Waals surface area contributed by atoms with E-state index in [1.54, 1.807) is 7.05 Å². The lowest BCUT2D eigenvalue weighted by Gasteiger charge is -2.34. The van der Waals surface area contributed by atoms with Gasteiger partial charge in [0.1, 0.15) is 10.6 Å². The summed E-state index contributed by atoms with van der Waals surface area (Å²) in [7, 11) is 0.366. The SMILES string of the molecule is CNC1CCc2ccc(OCCCS(=O)(=O)c3cnn(C)c3)cc2C1Cc1ccccc1Cl. The Hall–Kier alpha value is -2.35. The van der Waals surface area contributed by atoms with Gasteiger partial charge in [0.25, 0.3) is 0 Å². The minimum Gasteiger partial charge on any atom is -0.494 e. The van der Waals surface area contributed by atoms with E-state index in [-0.39, 0.29) is 16.6 Å². The molecular formula is C25H30ClN3O3S. The largest absolute Gasteiger partial charge is 0.494 e. The molecule has 0 saturated carbocycles. The summed E-state index contributed by atoms with van der Waals surface area (Å²) in [6.07, 6.45) is 6.27. The Morgan fingerprint density at radius 3 is 2.79 bits per heavy atom.